The number of rotatable bonds is 10. The summed E-state index contributed by atoms with van der Waals surface area (Å²) in [5.74, 6) is 0.0499. The summed E-state index contributed by atoms with van der Waals surface area (Å²) in [5, 5.41) is 4.11. The molecule has 2 unspecified atom stereocenters. The van der Waals surface area contributed by atoms with Crippen LogP contribution in [-0.2, 0) is 19.1 Å². The van der Waals surface area contributed by atoms with E-state index in [2.05, 4.69) is 5.32 Å². The van der Waals surface area contributed by atoms with Crippen LogP contribution in [0.5, 0.6) is 11.5 Å². The van der Waals surface area contributed by atoms with Crippen molar-refractivity contribution in [3.8, 4) is 22.8 Å². The summed E-state index contributed by atoms with van der Waals surface area (Å²) < 4.78 is 18.0. The van der Waals surface area contributed by atoms with Gasteiger partial charge in [-0.2, -0.15) is 0 Å². The van der Waals surface area contributed by atoms with Gasteiger partial charge in [-0.1, -0.05) is 30.3 Å². The van der Waals surface area contributed by atoms with Crippen LogP contribution in [0.1, 0.15) is 40.0 Å². The second-order valence-electron chi connectivity index (χ2n) is 12.8. The van der Waals surface area contributed by atoms with Gasteiger partial charge in [0, 0.05) is 42.6 Å². The summed E-state index contributed by atoms with van der Waals surface area (Å²) in [5.41, 5.74) is 6.70. The maximum Gasteiger partial charge on any atom is 0.243 e. The van der Waals surface area contributed by atoms with Crippen LogP contribution in [-0.4, -0.2) is 95.1 Å². The van der Waals surface area contributed by atoms with Crippen molar-refractivity contribution in [1.29, 1.82) is 0 Å². The van der Waals surface area contributed by atoms with Gasteiger partial charge in [-0.15, -0.1) is 11.6 Å². The number of aromatic nitrogens is 1. The number of hydrogen-bond acceptors (Lipinski definition) is 8. The van der Waals surface area contributed by atoms with Crippen LogP contribution in [0.15, 0.2) is 54.6 Å². The molecule has 0 saturated carbocycles. The van der Waals surface area contributed by atoms with Gasteiger partial charge in [-0.05, 0) is 45.7 Å². The molecule has 2 aliphatic rings. The third-order valence-electron chi connectivity index (χ3n) is 8.60. The summed E-state index contributed by atoms with van der Waals surface area (Å²) in [6, 6.07) is 16.4. The number of piperidine rings is 1. The average Bonchev–Trinajstić information content (AvgIpc) is 3.47. The molecule has 0 bridgehead atoms. The van der Waals surface area contributed by atoms with Gasteiger partial charge < -0.3 is 29.7 Å². The number of alkyl halides is 1. The van der Waals surface area contributed by atoms with Crippen LogP contribution in [0.4, 0.5) is 0 Å². The highest BCUT2D eigenvalue weighted by Gasteiger charge is 2.50. The van der Waals surface area contributed by atoms with Crippen LogP contribution in [0, 0.1) is 0 Å². The molecule has 246 valence electrons. The second kappa shape index (κ2) is 13.8. The highest BCUT2D eigenvalue weighted by molar-refractivity contribution is 6.27. The number of ether oxygens (including phenoxy) is 3. The summed E-state index contributed by atoms with van der Waals surface area (Å²) in [6.07, 6.45) is 0.366. The molecule has 2 atom stereocenters. The number of methoxy groups -OCH3 is 1. The minimum absolute atomic E-state index is 0.114. The molecular weight excluding hydrogens is 610 g/mol. The minimum Gasteiger partial charge on any atom is -0.497 e. The number of carbonyl (C=O) groups is 3. The first-order chi connectivity index (χ1) is 21.9. The zero-order valence-electron chi connectivity index (χ0n) is 26.8. The average molecular weight is 652 g/mol. The molecule has 2 aliphatic heterocycles. The normalized spacial score (nSPS) is 19.7. The number of benzene rings is 2. The molecule has 0 radical (unpaired) electrons. The van der Waals surface area contributed by atoms with Gasteiger partial charge in [0.15, 0.2) is 0 Å². The molecule has 2 saturated heterocycles. The Labute approximate surface area is 274 Å². The van der Waals surface area contributed by atoms with E-state index >= 15 is 0 Å². The van der Waals surface area contributed by atoms with Crippen LogP contribution < -0.4 is 20.5 Å². The third-order valence-corrected chi connectivity index (χ3v) is 8.83. The zero-order valence-corrected chi connectivity index (χ0v) is 27.5. The van der Waals surface area contributed by atoms with E-state index in [0.717, 1.165) is 10.9 Å². The topological polar surface area (TPSA) is 136 Å². The maximum absolute atomic E-state index is 14.4. The quantitative estimate of drug-likeness (QED) is 0.250. The number of nitrogens with one attached hydrogen (secondary N) is 1. The van der Waals surface area contributed by atoms with Gasteiger partial charge in [0.05, 0.1) is 37.2 Å². The molecular formula is C34H42ClN5O6. The number of amides is 3. The summed E-state index contributed by atoms with van der Waals surface area (Å²) in [4.78, 5) is 47.6. The van der Waals surface area contributed by atoms with Crippen LogP contribution in [0.3, 0.4) is 0 Å². The van der Waals surface area contributed by atoms with E-state index in [1.807, 2.05) is 75.4 Å². The van der Waals surface area contributed by atoms with E-state index in [0.29, 0.717) is 48.6 Å². The van der Waals surface area contributed by atoms with Crippen LogP contribution in [0.2, 0.25) is 0 Å². The number of primary amides is 1. The first-order valence-electron chi connectivity index (χ1n) is 15.5. The molecule has 2 fully saturated rings. The van der Waals surface area contributed by atoms with E-state index in [9.17, 15) is 14.4 Å². The van der Waals surface area contributed by atoms with E-state index in [1.54, 1.807) is 12.0 Å². The number of halogens is 1. The Kier molecular flexibility index (Phi) is 10.0. The largest absolute Gasteiger partial charge is 0.497 e. The SMILES string of the molecule is COc1ccc2c(OC3CC(C(N)=O)N(C(=O)C4(NCOC(C)(C)C)CCN(C(=O)CCl)CC4)C3)cc(-c3ccccc3)nc2c1. The number of hydrogen-bond donors (Lipinski definition) is 2. The van der Waals surface area contributed by atoms with E-state index in [-0.39, 0.29) is 37.4 Å². The lowest BCUT2D eigenvalue weighted by atomic mass is 9.85. The number of carbonyl (C=O) groups excluding carboxylic acids is 3. The first-order valence-corrected chi connectivity index (χ1v) is 16.0. The number of nitrogens with two attached hydrogens (primary N) is 1. The zero-order chi connectivity index (χ0) is 33.1. The van der Waals surface area contributed by atoms with Crippen molar-refractivity contribution in [2.45, 2.75) is 63.3 Å². The standard InChI is InChI=1S/C34H42ClN5O6/c1-33(2,3)45-21-37-34(12-14-39(15-13-34)30(41)19-35)32(43)40-20-24(17-28(40)31(36)42)46-29-18-26(22-8-6-5-7-9-22)38-27-16-23(44-4)10-11-25(27)29/h5-11,16,18,24,28,37H,12-15,17,19-21H2,1-4H3,(H2,36,42). The molecule has 11 nitrogen and oxygen atoms in total. The van der Waals surface area contributed by atoms with Gasteiger partial charge in [0.1, 0.15) is 35.1 Å². The number of pyridine rings is 1. The molecule has 2 aromatic carbocycles. The molecule has 0 aliphatic carbocycles. The Bertz CT molecular complexity index is 1570. The van der Waals surface area contributed by atoms with E-state index in [1.165, 1.54) is 4.90 Å². The van der Waals surface area contributed by atoms with Crippen molar-refractivity contribution in [1.82, 2.24) is 20.1 Å². The molecule has 3 heterocycles. The fourth-order valence-corrected chi connectivity index (χ4v) is 6.24. The lowest BCUT2D eigenvalue weighted by molar-refractivity contribution is -0.148. The Morgan fingerprint density at radius 2 is 1.80 bits per heavy atom. The third kappa shape index (κ3) is 7.37. The molecule has 12 heteroatoms. The smallest absolute Gasteiger partial charge is 0.243 e. The van der Waals surface area contributed by atoms with Crippen molar-refractivity contribution in [3.05, 3.63) is 54.6 Å². The van der Waals surface area contributed by atoms with Gasteiger partial charge >= 0.3 is 0 Å². The van der Waals surface area contributed by atoms with Crippen molar-refractivity contribution in [2.75, 3.05) is 39.4 Å². The number of nitrogens with zero attached hydrogens (tertiary/aromatic N) is 3. The lowest BCUT2D eigenvalue weighted by Crippen LogP contribution is -2.65. The minimum atomic E-state index is -1.07. The Hall–Kier alpha value is -3.93. The van der Waals surface area contributed by atoms with E-state index in [4.69, 9.17) is 36.5 Å². The Balaban J connectivity index is 1.43. The predicted octanol–water partition coefficient (Wildman–Crippen LogP) is 3.71. The molecule has 46 heavy (non-hydrogen) atoms. The van der Waals surface area contributed by atoms with Gasteiger partial charge in [-0.25, -0.2) is 4.98 Å². The predicted molar refractivity (Wildman–Crippen MR) is 176 cm³/mol. The highest BCUT2D eigenvalue weighted by atomic mass is 35.5. The fourth-order valence-electron chi connectivity index (χ4n) is 6.07. The van der Waals surface area contributed by atoms with Gasteiger partial charge in [-0.3, -0.25) is 19.7 Å². The summed E-state index contributed by atoms with van der Waals surface area (Å²) in [7, 11) is 1.60. The van der Waals surface area contributed by atoms with E-state index < -0.39 is 29.2 Å². The molecule has 0 spiro atoms. The Morgan fingerprint density at radius 1 is 1.09 bits per heavy atom. The highest BCUT2D eigenvalue weighted by Crippen LogP contribution is 2.36. The maximum atomic E-state index is 14.4. The molecule has 5 rings (SSSR count). The summed E-state index contributed by atoms with van der Waals surface area (Å²) in [6.45, 7) is 6.73. The summed E-state index contributed by atoms with van der Waals surface area (Å²) >= 11 is 5.81. The van der Waals surface area contributed by atoms with Crippen LogP contribution >= 0.6 is 11.6 Å². The second-order valence-corrected chi connectivity index (χ2v) is 13.0. The van der Waals surface area contributed by atoms with Crippen molar-refractivity contribution in [2.24, 2.45) is 5.73 Å². The molecule has 1 aromatic heterocycles. The number of fused-ring (bicyclic) bond motifs is 1. The molecule has 3 N–H and O–H groups in total. The van der Waals surface area contributed by atoms with Crippen molar-refractivity contribution >= 4 is 40.2 Å². The van der Waals surface area contributed by atoms with Crippen molar-refractivity contribution < 1.29 is 28.6 Å². The van der Waals surface area contributed by atoms with Gasteiger partial charge in [0.25, 0.3) is 0 Å². The lowest BCUT2D eigenvalue weighted by Gasteiger charge is -2.44. The first kappa shape index (κ1) is 33.4. The fraction of sp³-hybridized carbons (Fsp3) is 0.471. The molecule has 3 amide bonds. The monoisotopic (exact) mass is 651 g/mol. The van der Waals surface area contributed by atoms with Crippen LogP contribution in [0.25, 0.3) is 22.2 Å². The van der Waals surface area contributed by atoms with Crippen molar-refractivity contribution in [3.63, 3.8) is 0 Å². The number of likely N-dealkylation sites (tertiary alicyclic amines) is 2. The Morgan fingerprint density at radius 3 is 2.43 bits per heavy atom. The van der Waals surface area contributed by atoms with Gasteiger partial charge in [0.2, 0.25) is 17.7 Å². The molecule has 3 aromatic rings.